The van der Waals surface area contributed by atoms with Crippen molar-refractivity contribution in [2.45, 2.75) is 25.8 Å². The minimum atomic E-state index is -0.0125. The van der Waals surface area contributed by atoms with Crippen LogP contribution in [0.1, 0.15) is 31.4 Å². The van der Waals surface area contributed by atoms with Gasteiger partial charge in [0.1, 0.15) is 0 Å². The van der Waals surface area contributed by atoms with Crippen LogP contribution in [0.4, 0.5) is 0 Å². The van der Waals surface area contributed by atoms with E-state index in [0.29, 0.717) is 19.6 Å². The van der Waals surface area contributed by atoms with Crippen molar-refractivity contribution in [3.05, 3.63) is 34.9 Å². The first-order chi connectivity index (χ1) is 11.7. The Labute approximate surface area is 149 Å². The Balaban J connectivity index is 1.98. The number of amides is 1. The van der Waals surface area contributed by atoms with E-state index in [1.807, 2.05) is 36.1 Å². The minimum absolute atomic E-state index is 0.0125. The number of halogens is 1. The van der Waals surface area contributed by atoms with Crippen LogP contribution in [0.2, 0.25) is 5.02 Å². The number of aliphatic hydroxyl groups excluding tert-OH is 1. The predicted molar refractivity (Wildman–Crippen MR) is 97.2 cm³/mol. The van der Waals surface area contributed by atoms with Crippen LogP contribution in [-0.4, -0.2) is 66.7 Å². The Morgan fingerprint density at radius 2 is 2.08 bits per heavy atom. The summed E-state index contributed by atoms with van der Waals surface area (Å²) in [7, 11) is 0. The number of hydrogen-bond acceptors (Lipinski definition) is 4. The van der Waals surface area contributed by atoms with E-state index in [9.17, 15) is 4.79 Å². The number of likely N-dealkylation sites (tertiary alicyclic amines) is 1. The molecule has 6 heteroatoms. The number of rotatable bonds is 9. The summed E-state index contributed by atoms with van der Waals surface area (Å²) in [6, 6.07) is 7.98. The molecule has 1 aromatic carbocycles. The van der Waals surface area contributed by atoms with Crippen LogP contribution in [0, 0.1) is 0 Å². The van der Waals surface area contributed by atoms with Gasteiger partial charge in [-0.05, 0) is 44.1 Å². The third-order valence-corrected chi connectivity index (χ3v) is 4.91. The third-order valence-electron chi connectivity index (χ3n) is 4.57. The fourth-order valence-corrected chi connectivity index (χ4v) is 3.46. The lowest BCUT2D eigenvalue weighted by molar-refractivity contribution is -0.122. The molecule has 0 saturated carbocycles. The largest absolute Gasteiger partial charge is 0.395 e. The lowest BCUT2D eigenvalue weighted by Crippen LogP contribution is -2.42. The van der Waals surface area contributed by atoms with Crippen molar-refractivity contribution in [1.29, 1.82) is 0 Å². The molecule has 0 bridgehead atoms. The lowest BCUT2D eigenvalue weighted by atomic mass is 10.1. The third kappa shape index (κ3) is 5.45. The Bertz CT molecular complexity index is 521. The van der Waals surface area contributed by atoms with E-state index in [0.717, 1.165) is 30.2 Å². The van der Waals surface area contributed by atoms with E-state index in [-0.39, 0.29) is 18.6 Å². The second kappa shape index (κ2) is 9.99. The van der Waals surface area contributed by atoms with Crippen LogP contribution in [-0.2, 0) is 4.79 Å². The lowest BCUT2D eigenvalue weighted by Gasteiger charge is -2.29. The minimum Gasteiger partial charge on any atom is -0.395 e. The van der Waals surface area contributed by atoms with Gasteiger partial charge in [0.05, 0.1) is 19.2 Å². The van der Waals surface area contributed by atoms with Crippen LogP contribution in [0.15, 0.2) is 24.3 Å². The summed E-state index contributed by atoms with van der Waals surface area (Å²) in [6.45, 7) is 6.26. The molecule has 1 heterocycles. The number of nitrogens with one attached hydrogen (secondary N) is 1. The molecule has 1 aliphatic heterocycles. The number of carbonyl (C=O) groups excluding carboxylic acids is 1. The molecular formula is C18H28ClN3O2. The molecule has 1 aromatic rings. The Morgan fingerprint density at radius 1 is 1.38 bits per heavy atom. The number of aliphatic hydroxyl groups is 1. The quantitative estimate of drug-likeness (QED) is 0.712. The highest BCUT2D eigenvalue weighted by molar-refractivity contribution is 6.31. The van der Waals surface area contributed by atoms with E-state index in [4.69, 9.17) is 16.7 Å². The maximum absolute atomic E-state index is 12.2. The average molecular weight is 354 g/mol. The van der Waals surface area contributed by atoms with E-state index in [1.54, 1.807) is 0 Å². The maximum atomic E-state index is 12.2. The molecule has 0 spiro atoms. The maximum Gasteiger partial charge on any atom is 0.234 e. The highest BCUT2D eigenvalue weighted by Crippen LogP contribution is 2.29. The van der Waals surface area contributed by atoms with Gasteiger partial charge in [0, 0.05) is 18.1 Å². The normalized spacial score (nSPS) is 16.5. The summed E-state index contributed by atoms with van der Waals surface area (Å²) >= 11 is 6.39. The van der Waals surface area contributed by atoms with Gasteiger partial charge in [-0.1, -0.05) is 36.7 Å². The monoisotopic (exact) mass is 353 g/mol. The summed E-state index contributed by atoms with van der Waals surface area (Å²) in [5, 5.41) is 12.8. The van der Waals surface area contributed by atoms with Crippen molar-refractivity contribution < 1.29 is 9.90 Å². The van der Waals surface area contributed by atoms with E-state index < -0.39 is 0 Å². The van der Waals surface area contributed by atoms with Crippen LogP contribution in [0.3, 0.4) is 0 Å². The van der Waals surface area contributed by atoms with Gasteiger partial charge in [0.25, 0.3) is 0 Å². The fraction of sp³-hybridized carbons (Fsp3) is 0.611. The summed E-state index contributed by atoms with van der Waals surface area (Å²) in [5.41, 5.74) is 1.07. The van der Waals surface area contributed by atoms with Crippen LogP contribution >= 0.6 is 11.6 Å². The molecule has 1 atom stereocenters. The van der Waals surface area contributed by atoms with E-state index in [2.05, 4.69) is 10.2 Å². The fourth-order valence-electron chi connectivity index (χ4n) is 3.19. The van der Waals surface area contributed by atoms with Gasteiger partial charge in [-0.3, -0.25) is 14.6 Å². The molecular weight excluding hydrogens is 326 g/mol. The van der Waals surface area contributed by atoms with Gasteiger partial charge >= 0.3 is 0 Å². The topological polar surface area (TPSA) is 55.8 Å². The van der Waals surface area contributed by atoms with Gasteiger partial charge in [-0.25, -0.2) is 0 Å². The first kappa shape index (κ1) is 19.2. The molecule has 1 fully saturated rings. The Morgan fingerprint density at radius 3 is 2.71 bits per heavy atom. The molecule has 2 N–H and O–H groups in total. The number of carbonyl (C=O) groups is 1. The zero-order valence-corrected chi connectivity index (χ0v) is 15.1. The second-order valence-corrected chi connectivity index (χ2v) is 6.58. The summed E-state index contributed by atoms with van der Waals surface area (Å²) in [5.74, 6) is -0.0125. The SMILES string of the molecule is CCN(CCO)CC(=O)NCC(c1ccccc1Cl)N1CCCC1. The van der Waals surface area contributed by atoms with Gasteiger partial charge in [0.2, 0.25) is 5.91 Å². The molecule has 0 radical (unpaired) electrons. The molecule has 2 rings (SSSR count). The highest BCUT2D eigenvalue weighted by atomic mass is 35.5. The second-order valence-electron chi connectivity index (χ2n) is 6.18. The summed E-state index contributed by atoms with van der Waals surface area (Å²) in [4.78, 5) is 16.6. The number of hydrogen-bond donors (Lipinski definition) is 2. The van der Waals surface area contributed by atoms with Crippen molar-refractivity contribution in [3.8, 4) is 0 Å². The van der Waals surface area contributed by atoms with Crippen LogP contribution in [0.5, 0.6) is 0 Å². The summed E-state index contributed by atoms with van der Waals surface area (Å²) < 4.78 is 0. The van der Waals surface area contributed by atoms with Crippen molar-refractivity contribution >= 4 is 17.5 Å². The molecule has 1 aliphatic rings. The van der Waals surface area contributed by atoms with Gasteiger partial charge in [-0.2, -0.15) is 0 Å². The van der Waals surface area contributed by atoms with Crippen molar-refractivity contribution in [2.75, 3.05) is 45.9 Å². The Hall–Kier alpha value is -1.14. The smallest absolute Gasteiger partial charge is 0.234 e. The first-order valence-electron chi connectivity index (χ1n) is 8.74. The zero-order valence-electron chi connectivity index (χ0n) is 14.4. The molecule has 0 aliphatic carbocycles. The molecule has 5 nitrogen and oxygen atoms in total. The number of likely N-dealkylation sites (N-methyl/N-ethyl adjacent to an activating group) is 1. The molecule has 0 aromatic heterocycles. The van der Waals surface area contributed by atoms with E-state index >= 15 is 0 Å². The highest BCUT2D eigenvalue weighted by Gasteiger charge is 2.25. The molecule has 24 heavy (non-hydrogen) atoms. The average Bonchev–Trinajstić information content (AvgIpc) is 3.10. The van der Waals surface area contributed by atoms with Gasteiger partial charge < -0.3 is 10.4 Å². The predicted octanol–water partition coefficient (Wildman–Crippen LogP) is 1.91. The standard InChI is InChI=1S/C18H28ClN3O2/c1-2-21(11-12-23)14-18(24)20-13-17(22-9-5-6-10-22)15-7-3-4-8-16(15)19/h3-4,7-8,17,23H,2,5-6,9-14H2,1H3,(H,20,24). The first-order valence-corrected chi connectivity index (χ1v) is 9.12. The van der Waals surface area contributed by atoms with Crippen LogP contribution < -0.4 is 5.32 Å². The van der Waals surface area contributed by atoms with Crippen molar-refractivity contribution in [3.63, 3.8) is 0 Å². The summed E-state index contributed by atoms with van der Waals surface area (Å²) in [6.07, 6.45) is 2.38. The molecule has 134 valence electrons. The molecule has 1 amide bonds. The molecule has 1 saturated heterocycles. The van der Waals surface area contributed by atoms with Crippen molar-refractivity contribution in [1.82, 2.24) is 15.1 Å². The number of benzene rings is 1. The van der Waals surface area contributed by atoms with Gasteiger partial charge in [-0.15, -0.1) is 0 Å². The van der Waals surface area contributed by atoms with Gasteiger partial charge in [0.15, 0.2) is 0 Å². The zero-order chi connectivity index (χ0) is 17.4. The van der Waals surface area contributed by atoms with Crippen molar-refractivity contribution in [2.24, 2.45) is 0 Å². The van der Waals surface area contributed by atoms with Crippen LogP contribution in [0.25, 0.3) is 0 Å². The van der Waals surface area contributed by atoms with E-state index in [1.165, 1.54) is 12.8 Å². The molecule has 1 unspecified atom stereocenters. The Kier molecular flexibility index (Phi) is 7.99. The number of nitrogens with zero attached hydrogens (tertiary/aromatic N) is 2.